The van der Waals surface area contributed by atoms with Crippen LogP contribution in [0.1, 0.15) is 38.2 Å². The molecule has 2 aromatic heterocycles. The Balaban J connectivity index is 1.56. The molecule has 4 aromatic rings. The summed E-state index contributed by atoms with van der Waals surface area (Å²) in [6.45, 7) is 5.55. The standard InChI is InChI=1S/C26H31N5O5/c1-16(2)19-14-20(23(33)15-22(19)32)25-28-29-26(35)31(25)18-6-7-21-17(13-18)8-9-30(21)10-12-36-11-4-5-24(34)27-3/h6-9,13-16,32-33H,4-5,10-12H2,1-3H3,(H,27,34)(H,29,35). The number of hydrogen-bond acceptors (Lipinski definition) is 6. The zero-order valence-electron chi connectivity index (χ0n) is 20.6. The Hall–Kier alpha value is -4.05. The van der Waals surface area contributed by atoms with E-state index in [0.29, 0.717) is 49.4 Å². The van der Waals surface area contributed by atoms with Gasteiger partial charge in [0.15, 0.2) is 5.82 Å². The van der Waals surface area contributed by atoms with Crippen LogP contribution in [0.4, 0.5) is 0 Å². The third-order valence-electron chi connectivity index (χ3n) is 6.14. The number of amides is 1. The maximum Gasteiger partial charge on any atom is 0.348 e. The SMILES string of the molecule is CNC(=O)CCCOCCn1ccc2cc(-n3c(-c4cc(C(C)C)c(O)cc4O)n[nH]c3=O)ccc21. The van der Waals surface area contributed by atoms with Gasteiger partial charge in [-0.25, -0.2) is 14.5 Å². The summed E-state index contributed by atoms with van der Waals surface area (Å²) in [5.41, 5.74) is 2.14. The number of hydrogen-bond donors (Lipinski definition) is 4. The Morgan fingerprint density at radius 2 is 1.94 bits per heavy atom. The molecule has 0 spiro atoms. The Bertz CT molecular complexity index is 1430. The summed E-state index contributed by atoms with van der Waals surface area (Å²) in [6.07, 6.45) is 3.08. The number of aromatic nitrogens is 4. The molecule has 0 aliphatic heterocycles. The van der Waals surface area contributed by atoms with Crippen molar-refractivity contribution in [2.45, 2.75) is 39.2 Å². The lowest BCUT2D eigenvalue weighted by Gasteiger charge is -2.13. The van der Waals surface area contributed by atoms with Crippen molar-refractivity contribution in [2.75, 3.05) is 20.3 Å². The number of ether oxygens (including phenoxy) is 1. The van der Waals surface area contributed by atoms with E-state index in [1.807, 2.05) is 44.3 Å². The van der Waals surface area contributed by atoms with Crippen molar-refractivity contribution in [1.82, 2.24) is 24.6 Å². The molecule has 0 fully saturated rings. The highest BCUT2D eigenvalue weighted by Gasteiger charge is 2.20. The topological polar surface area (TPSA) is 134 Å². The van der Waals surface area contributed by atoms with E-state index in [2.05, 4.69) is 20.1 Å². The molecule has 36 heavy (non-hydrogen) atoms. The van der Waals surface area contributed by atoms with E-state index in [1.165, 1.54) is 10.6 Å². The third kappa shape index (κ3) is 5.13. The van der Waals surface area contributed by atoms with E-state index in [0.717, 1.165) is 10.9 Å². The number of carbonyl (C=O) groups excluding carboxylic acids is 1. The number of phenolic OH excluding ortho intramolecular Hbond substituents is 2. The van der Waals surface area contributed by atoms with E-state index in [1.54, 1.807) is 13.1 Å². The quantitative estimate of drug-likeness (QED) is 0.251. The second kappa shape index (κ2) is 10.7. The van der Waals surface area contributed by atoms with Crippen LogP contribution in [0.2, 0.25) is 0 Å². The molecular weight excluding hydrogens is 462 g/mol. The van der Waals surface area contributed by atoms with Crippen LogP contribution in [0, 0.1) is 0 Å². The number of carbonyl (C=O) groups is 1. The van der Waals surface area contributed by atoms with Gasteiger partial charge in [-0.15, -0.1) is 0 Å². The summed E-state index contributed by atoms with van der Waals surface area (Å²) in [5.74, 6) is 0.1000. The van der Waals surface area contributed by atoms with Crippen molar-refractivity contribution in [3.05, 3.63) is 58.6 Å². The largest absolute Gasteiger partial charge is 0.508 e. The smallest absolute Gasteiger partial charge is 0.348 e. The van der Waals surface area contributed by atoms with Gasteiger partial charge in [-0.2, -0.15) is 5.10 Å². The number of aromatic amines is 1. The van der Waals surface area contributed by atoms with E-state index in [4.69, 9.17) is 4.74 Å². The molecule has 10 nitrogen and oxygen atoms in total. The van der Waals surface area contributed by atoms with E-state index in [9.17, 15) is 19.8 Å². The van der Waals surface area contributed by atoms with Crippen LogP contribution in [-0.2, 0) is 16.1 Å². The van der Waals surface area contributed by atoms with Crippen molar-refractivity contribution in [1.29, 1.82) is 0 Å². The van der Waals surface area contributed by atoms with Gasteiger partial charge in [-0.1, -0.05) is 13.8 Å². The van der Waals surface area contributed by atoms with Crippen LogP contribution in [0.15, 0.2) is 47.4 Å². The minimum absolute atomic E-state index is 0.00567. The van der Waals surface area contributed by atoms with Gasteiger partial charge in [0.25, 0.3) is 0 Å². The number of nitrogens with zero attached hydrogens (tertiary/aromatic N) is 3. The van der Waals surface area contributed by atoms with Gasteiger partial charge in [-0.05, 0) is 48.2 Å². The van der Waals surface area contributed by atoms with Crippen LogP contribution in [-0.4, -0.2) is 55.7 Å². The fourth-order valence-corrected chi connectivity index (χ4v) is 4.20. The number of fused-ring (bicyclic) bond motifs is 1. The van der Waals surface area contributed by atoms with Crippen LogP contribution < -0.4 is 11.0 Å². The van der Waals surface area contributed by atoms with Gasteiger partial charge >= 0.3 is 5.69 Å². The molecule has 10 heteroatoms. The van der Waals surface area contributed by atoms with Crippen molar-refractivity contribution >= 4 is 16.8 Å². The highest BCUT2D eigenvalue weighted by molar-refractivity contribution is 5.83. The van der Waals surface area contributed by atoms with Crippen molar-refractivity contribution < 1.29 is 19.7 Å². The number of H-pyrrole nitrogens is 1. The van der Waals surface area contributed by atoms with Gasteiger partial charge < -0.3 is 24.8 Å². The fraction of sp³-hybridized carbons (Fsp3) is 0.346. The summed E-state index contributed by atoms with van der Waals surface area (Å²) in [5, 5.41) is 30.9. The molecule has 2 heterocycles. The molecule has 0 bridgehead atoms. The predicted octanol–water partition coefficient (Wildman–Crippen LogP) is 3.26. The zero-order valence-corrected chi connectivity index (χ0v) is 20.6. The normalized spacial score (nSPS) is 11.4. The summed E-state index contributed by atoms with van der Waals surface area (Å²) < 4.78 is 9.13. The average molecular weight is 494 g/mol. The van der Waals surface area contributed by atoms with Gasteiger partial charge in [-0.3, -0.25) is 4.79 Å². The van der Waals surface area contributed by atoms with E-state index < -0.39 is 5.69 Å². The summed E-state index contributed by atoms with van der Waals surface area (Å²) in [4.78, 5) is 24.0. The molecule has 0 aliphatic rings. The third-order valence-corrected chi connectivity index (χ3v) is 6.14. The Labute approximate surface area is 208 Å². The van der Waals surface area contributed by atoms with Crippen molar-refractivity contribution in [3.8, 4) is 28.6 Å². The lowest BCUT2D eigenvalue weighted by molar-refractivity contribution is -0.120. The number of benzene rings is 2. The molecule has 0 saturated heterocycles. The molecular formula is C26H31N5O5. The fourth-order valence-electron chi connectivity index (χ4n) is 4.20. The number of aromatic hydroxyl groups is 2. The second-order valence-electron chi connectivity index (χ2n) is 8.91. The molecule has 0 atom stereocenters. The number of nitrogens with one attached hydrogen (secondary N) is 2. The van der Waals surface area contributed by atoms with Gasteiger partial charge in [0.05, 0.1) is 17.9 Å². The average Bonchev–Trinajstić information content (AvgIpc) is 3.43. The minimum atomic E-state index is -0.437. The van der Waals surface area contributed by atoms with Crippen LogP contribution >= 0.6 is 0 Å². The first-order valence-electron chi connectivity index (χ1n) is 11.9. The summed E-state index contributed by atoms with van der Waals surface area (Å²) in [7, 11) is 1.62. The monoisotopic (exact) mass is 493 g/mol. The highest BCUT2D eigenvalue weighted by Crippen LogP contribution is 2.37. The first-order chi connectivity index (χ1) is 17.3. The van der Waals surface area contributed by atoms with Crippen molar-refractivity contribution in [3.63, 3.8) is 0 Å². The Kier molecular flexibility index (Phi) is 7.44. The van der Waals surface area contributed by atoms with Crippen LogP contribution in [0.5, 0.6) is 11.5 Å². The molecule has 190 valence electrons. The first-order valence-corrected chi connectivity index (χ1v) is 11.9. The number of rotatable bonds is 10. The minimum Gasteiger partial charge on any atom is -0.508 e. The molecule has 0 unspecified atom stereocenters. The molecule has 0 saturated carbocycles. The first kappa shape index (κ1) is 25.1. The summed E-state index contributed by atoms with van der Waals surface area (Å²) >= 11 is 0. The van der Waals surface area contributed by atoms with Gasteiger partial charge in [0.1, 0.15) is 11.5 Å². The van der Waals surface area contributed by atoms with E-state index >= 15 is 0 Å². The lowest BCUT2D eigenvalue weighted by Crippen LogP contribution is -2.18. The molecule has 0 radical (unpaired) electrons. The zero-order chi connectivity index (χ0) is 25.8. The van der Waals surface area contributed by atoms with E-state index in [-0.39, 0.29) is 29.1 Å². The molecule has 4 N–H and O–H groups in total. The maximum atomic E-state index is 12.7. The molecule has 0 aliphatic carbocycles. The Morgan fingerprint density at radius 1 is 1.14 bits per heavy atom. The van der Waals surface area contributed by atoms with Crippen LogP contribution in [0.3, 0.4) is 0 Å². The summed E-state index contributed by atoms with van der Waals surface area (Å²) in [6, 6.07) is 10.5. The highest BCUT2D eigenvalue weighted by atomic mass is 16.5. The molecule has 1 amide bonds. The molecule has 4 rings (SSSR count). The van der Waals surface area contributed by atoms with Crippen molar-refractivity contribution in [2.24, 2.45) is 0 Å². The van der Waals surface area contributed by atoms with Gasteiger partial charge in [0, 0.05) is 49.8 Å². The van der Waals surface area contributed by atoms with Crippen LogP contribution in [0.25, 0.3) is 28.0 Å². The molecule has 2 aromatic carbocycles. The Morgan fingerprint density at radius 3 is 2.69 bits per heavy atom. The van der Waals surface area contributed by atoms with Gasteiger partial charge in [0.2, 0.25) is 5.91 Å². The lowest BCUT2D eigenvalue weighted by atomic mass is 9.98. The second-order valence-corrected chi connectivity index (χ2v) is 8.91. The maximum absolute atomic E-state index is 12.7. The number of phenols is 2. The predicted molar refractivity (Wildman–Crippen MR) is 137 cm³/mol.